The summed E-state index contributed by atoms with van der Waals surface area (Å²) in [4.78, 5) is 14.8. The van der Waals surface area contributed by atoms with E-state index in [1.807, 2.05) is 24.3 Å². The Balaban J connectivity index is 1.37. The first-order chi connectivity index (χ1) is 15.5. The smallest absolute Gasteiger partial charge is 0.167 e. The van der Waals surface area contributed by atoms with Crippen LogP contribution in [-0.4, -0.2) is 37.0 Å². The molecule has 1 saturated heterocycles. The molecule has 1 aliphatic rings. The fraction of sp³-hybridized carbons (Fsp3) is 0.240. The maximum absolute atomic E-state index is 14.6. The molecule has 0 N–H and O–H groups in total. The number of hydrogen-bond donors (Lipinski definition) is 0. The molecule has 1 heterocycles. The first kappa shape index (κ1) is 22.7. The third-order valence-corrected chi connectivity index (χ3v) is 6.00. The van der Waals surface area contributed by atoms with E-state index in [4.69, 9.17) is 32.7 Å². The van der Waals surface area contributed by atoms with Gasteiger partial charge in [-0.25, -0.2) is 4.39 Å². The van der Waals surface area contributed by atoms with Gasteiger partial charge in [-0.05, 0) is 53.6 Å². The molecule has 1 fully saturated rings. The Kier molecular flexibility index (Phi) is 7.43. The van der Waals surface area contributed by atoms with Gasteiger partial charge in [0.05, 0.1) is 23.3 Å². The van der Waals surface area contributed by atoms with Crippen LogP contribution in [0.1, 0.15) is 21.5 Å². The van der Waals surface area contributed by atoms with Crippen LogP contribution < -0.4 is 4.74 Å². The summed E-state index contributed by atoms with van der Waals surface area (Å²) in [6.45, 7) is 4.21. The minimum atomic E-state index is -0.526. The van der Waals surface area contributed by atoms with E-state index in [-0.39, 0.29) is 18.0 Å². The lowest BCUT2D eigenvalue weighted by atomic mass is 10.0. The van der Waals surface area contributed by atoms with Crippen LogP contribution in [0.15, 0.2) is 60.7 Å². The quantitative estimate of drug-likeness (QED) is 0.384. The number of carbonyl (C=O) groups excluding carboxylic acids is 1. The molecule has 0 radical (unpaired) electrons. The van der Waals surface area contributed by atoms with E-state index in [1.54, 1.807) is 18.2 Å². The summed E-state index contributed by atoms with van der Waals surface area (Å²) in [5.41, 5.74) is 2.14. The maximum atomic E-state index is 14.6. The molecule has 0 bridgehead atoms. The number of rotatable bonds is 7. The molecule has 0 aliphatic carbocycles. The van der Waals surface area contributed by atoms with E-state index < -0.39 is 5.82 Å². The molecule has 166 valence electrons. The second-order valence-corrected chi connectivity index (χ2v) is 8.44. The van der Waals surface area contributed by atoms with Crippen molar-refractivity contribution in [2.45, 2.75) is 13.0 Å². The SMILES string of the molecule is O=C(Cc1ccc(Oc2ccc(CN3CCOCC3)cc2)c(F)c1)c1ccc(Cl)c(Cl)c1. The van der Waals surface area contributed by atoms with Crippen LogP contribution in [0.2, 0.25) is 10.0 Å². The molecular weight excluding hydrogens is 452 g/mol. The van der Waals surface area contributed by atoms with Crippen molar-refractivity contribution in [3.8, 4) is 11.5 Å². The summed E-state index contributed by atoms with van der Waals surface area (Å²) >= 11 is 11.9. The van der Waals surface area contributed by atoms with Gasteiger partial charge in [-0.2, -0.15) is 0 Å². The van der Waals surface area contributed by atoms with Crippen LogP contribution in [0.25, 0.3) is 0 Å². The lowest BCUT2D eigenvalue weighted by molar-refractivity contribution is 0.0342. The third-order valence-electron chi connectivity index (χ3n) is 5.26. The van der Waals surface area contributed by atoms with E-state index in [0.29, 0.717) is 26.9 Å². The fourth-order valence-corrected chi connectivity index (χ4v) is 3.80. The van der Waals surface area contributed by atoms with Gasteiger partial charge in [0.2, 0.25) is 0 Å². The Bertz CT molecular complexity index is 1100. The lowest BCUT2D eigenvalue weighted by Crippen LogP contribution is -2.35. The predicted molar refractivity (Wildman–Crippen MR) is 124 cm³/mol. The normalized spacial score (nSPS) is 14.3. The van der Waals surface area contributed by atoms with E-state index in [9.17, 15) is 9.18 Å². The monoisotopic (exact) mass is 473 g/mol. The van der Waals surface area contributed by atoms with Crippen molar-refractivity contribution in [3.63, 3.8) is 0 Å². The van der Waals surface area contributed by atoms with Gasteiger partial charge in [-0.3, -0.25) is 9.69 Å². The Morgan fingerprint density at radius 1 is 0.938 bits per heavy atom. The van der Waals surface area contributed by atoms with Crippen molar-refractivity contribution in [1.82, 2.24) is 4.90 Å². The molecule has 4 nitrogen and oxygen atoms in total. The first-order valence-electron chi connectivity index (χ1n) is 10.3. The number of carbonyl (C=O) groups is 1. The molecule has 1 aliphatic heterocycles. The fourth-order valence-electron chi connectivity index (χ4n) is 3.50. The van der Waals surface area contributed by atoms with E-state index in [0.717, 1.165) is 38.4 Å². The molecule has 4 rings (SSSR count). The zero-order valence-electron chi connectivity index (χ0n) is 17.3. The molecule has 0 amide bonds. The van der Waals surface area contributed by atoms with Gasteiger partial charge in [-0.1, -0.05) is 41.4 Å². The maximum Gasteiger partial charge on any atom is 0.167 e. The van der Waals surface area contributed by atoms with Crippen molar-refractivity contribution in [3.05, 3.63) is 93.2 Å². The first-order valence-corrected chi connectivity index (χ1v) is 11.1. The molecule has 7 heteroatoms. The van der Waals surface area contributed by atoms with Gasteiger partial charge >= 0.3 is 0 Å². The zero-order valence-corrected chi connectivity index (χ0v) is 18.8. The Morgan fingerprint density at radius 3 is 2.34 bits per heavy atom. The molecule has 32 heavy (non-hydrogen) atoms. The summed E-state index contributed by atoms with van der Waals surface area (Å²) in [7, 11) is 0. The topological polar surface area (TPSA) is 38.8 Å². The van der Waals surface area contributed by atoms with E-state index in [2.05, 4.69) is 4.90 Å². The van der Waals surface area contributed by atoms with Crippen molar-refractivity contribution in [2.75, 3.05) is 26.3 Å². The van der Waals surface area contributed by atoms with Crippen LogP contribution in [0.4, 0.5) is 4.39 Å². The number of Topliss-reactive ketones (excluding diaryl/α,β-unsaturated/α-hetero) is 1. The molecule has 0 saturated carbocycles. The largest absolute Gasteiger partial charge is 0.454 e. The molecule has 0 unspecified atom stereocenters. The van der Waals surface area contributed by atoms with Gasteiger partial charge in [-0.15, -0.1) is 0 Å². The van der Waals surface area contributed by atoms with Crippen LogP contribution in [0.5, 0.6) is 11.5 Å². The number of ether oxygens (including phenoxy) is 2. The lowest BCUT2D eigenvalue weighted by Gasteiger charge is -2.26. The molecule has 3 aromatic carbocycles. The molecule has 0 atom stereocenters. The summed E-state index contributed by atoms with van der Waals surface area (Å²) in [5, 5.41) is 0.688. The zero-order chi connectivity index (χ0) is 22.5. The van der Waals surface area contributed by atoms with Crippen LogP contribution in [0, 0.1) is 5.82 Å². The number of hydrogen-bond acceptors (Lipinski definition) is 4. The van der Waals surface area contributed by atoms with Gasteiger partial charge in [0.25, 0.3) is 0 Å². The van der Waals surface area contributed by atoms with E-state index in [1.165, 1.54) is 18.2 Å². The predicted octanol–water partition coefficient (Wildman–Crippen LogP) is 6.18. The minimum absolute atomic E-state index is 0.0470. The molecule has 0 aromatic heterocycles. The van der Waals surface area contributed by atoms with Crippen LogP contribution in [0.3, 0.4) is 0 Å². The number of benzene rings is 3. The summed E-state index contributed by atoms with van der Waals surface area (Å²) in [6, 6.07) is 16.8. The van der Waals surface area contributed by atoms with Crippen LogP contribution >= 0.6 is 23.2 Å². The Morgan fingerprint density at radius 2 is 1.66 bits per heavy atom. The van der Waals surface area contributed by atoms with Gasteiger partial charge < -0.3 is 9.47 Å². The van der Waals surface area contributed by atoms with Gasteiger partial charge in [0.1, 0.15) is 5.75 Å². The Labute approximate surface area is 196 Å². The second kappa shape index (κ2) is 10.5. The van der Waals surface area contributed by atoms with Gasteiger partial charge in [0.15, 0.2) is 17.3 Å². The van der Waals surface area contributed by atoms with Crippen molar-refractivity contribution < 1.29 is 18.7 Å². The average molecular weight is 474 g/mol. The molecular formula is C25H22Cl2FNO3. The average Bonchev–Trinajstić information content (AvgIpc) is 2.79. The number of halogens is 3. The second-order valence-electron chi connectivity index (χ2n) is 7.63. The van der Waals surface area contributed by atoms with Crippen LogP contribution in [-0.2, 0) is 17.7 Å². The number of nitrogens with zero attached hydrogens (tertiary/aromatic N) is 1. The highest BCUT2D eigenvalue weighted by atomic mass is 35.5. The Hall–Kier alpha value is -2.44. The van der Waals surface area contributed by atoms with Gasteiger partial charge in [0, 0.05) is 31.6 Å². The summed E-state index contributed by atoms with van der Waals surface area (Å²) < 4.78 is 25.7. The highest BCUT2D eigenvalue weighted by Gasteiger charge is 2.13. The molecule has 3 aromatic rings. The highest BCUT2D eigenvalue weighted by Crippen LogP contribution is 2.27. The minimum Gasteiger partial charge on any atom is -0.454 e. The summed E-state index contributed by atoms with van der Waals surface area (Å²) in [5.74, 6) is -0.0414. The van der Waals surface area contributed by atoms with Crippen molar-refractivity contribution >= 4 is 29.0 Å². The third kappa shape index (κ3) is 5.87. The molecule has 0 spiro atoms. The summed E-state index contributed by atoms with van der Waals surface area (Å²) in [6.07, 6.45) is 0.0470. The number of morpholine rings is 1. The standard InChI is InChI=1S/C25H22Cl2FNO3/c26-21-7-4-19(15-22(21)27)24(30)14-18-3-8-25(23(28)13-18)32-20-5-1-17(2-6-20)16-29-9-11-31-12-10-29/h1-8,13,15H,9-12,14,16H2. The van der Waals surface area contributed by atoms with E-state index >= 15 is 0 Å². The van der Waals surface area contributed by atoms with Crippen molar-refractivity contribution in [1.29, 1.82) is 0 Å². The highest BCUT2D eigenvalue weighted by molar-refractivity contribution is 6.42. The number of ketones is 1. The van der Waals surface area contributed by atoms with Crippen molar-refractivity contribution in [2.24, 2.45) is 0 Å².